The summed E-state index contributed by atoms with van der Waals surface area (Å²) in [6, 6.07) is 5.89. The molecule has 0 amide bonds. The number of para-hydroxylation sites is 1. The molecule has 0 bridgehead atoms. The SMILES string of the molecule is CC(=O)C(C=Cc1ccccc1[N+](=O)[O-])C(=O)O. The van der Waals surface area contributed by atoms with Gasteiger partial charge in [0.2, 0.25) is 0 Å². The number of nitrogens with zero attached hydrogens (tertiary/aromatic N) is 1. The number of hydrogen-bond donors (Lipinski definition) is 1. The normalized spacial score (nSPS) is 12.3. The molecule has 0 aliphatic rings. The molecule has 6 nitrogen and oxygen atoms in total. The standard InChI is InChI=1S/C12H11NO5/c1-8(14)10(12(15)16)7-6-9-4-2-3-5-11(9)13(17)18/h2-7,10H,1H3,(H,15,16). The molecule has 0 heterocycles. The summed E-state index contributed by atoms with van der Waals surface area (Å²) >= 11 is 0. The maximum atomic E-state index is 11.1. The predicted molar refractivity (Wildman–Crippen MR) is 63.9 cm³/mol. The number of aliphatic carboxylic acids is 1. The van der Waals surface area contributed by atoms with Crippen LogP contribution in [0.1, 0.15) is 12.5 Å². The summed E-state index contributed by atoms with van der Waals surface area (Å²) < 4.78 is 0. The number of carboxylic acid groups (broad SMARTS) is 1. The van der Waals surface area contributed by atoms with Crippen molar-refractivity contribution >= 4 is 23.5 Å². The van der Waals surface area contributed by atoms with Crippen LogP contribution < -0.4 is 0 Å². The zero-order chi connectivity index (χ0) is 13.7. The Labute approximate surface area is 103 Å². The molecule has 0 fully saturated rings. The molecule has 94 valence electrons. The lowest BCUT2D eigenvalue weighted by Crippen LogP contribution is -2.18. The van der Waals surface area contributed by atoms with E-state index < -0.39 is 22.6 Å². The van der Waals surface area contributed by atoms with Gasteiger partial charge in [0, 0.05) is 6.07 Å². The third-order valence-electron chi connectivity index (χ3n) is 2.31. The second-order valence-corrected chi connectivity index (χ2v) is 3.60. The van der Waals surface area contributed by atoms with Gasteiger partial charge < -0.3 is 5.11 Å². The highest BCUT2D eigenvalue weighted by Crippen LogP contribution is 2.19. The number of carbonyl (C=O) groups is 2. The van der Waals surface area contributed by atoms with Gasteiger partial charge in [-0.1, -0.05) is 24.3 Å². The minimum absolute atomic E-state index is 0.138. The average Bonchev–Trinajstić information content (AvgIpc) is 2.28. The van der Waals surface area contributed by atoms with Gasteiger partial charge in [-0.25, -0.2) is 0 Å². The molecule has 6 heteroatoms. The Morgan fingerprint density at radius 3 is 2.50 bits per heavy atom. The van der Waals surface area contributed by atoms with Crippen LogP contribution >= 0.6 is 0 Å². The summed E-state index contributed by atoms with van der Waals surface area (Å²) in [5, 5.41) is 19.5. The van der Waals surface area contributed by atoms with Crippen LogP contribution in [0.3, 0.4) is 0 Å². The van der Waals surface area contributed by atoms with Crippen molar-refractivity contribution in [1.29, 1.82) is 0 Å². The minimum atomic E-state index is -1.29. The lowest BCUT2D eigenvalue weighted by Gasteiger charge is -2.02. The first-order valence-corrected chi connectivity index (χ1v) is 5.08. The summed E-state index contributed by atoms with van der Waals surface area (Å²) in [6.07, 6.45) is 2.42. The van der Waals surface area contributed by atoms with Gasteiger partial charge in [0.15, 0.2) is 0 Å². The van der Waals surface area contributed by atoms with Crippen molar-refractivity contribution < 1.29 is 19.6 Å². The van der Waals surface area contributed by atoms with Crippen LogP contribution in [0.15, 0.2) is 30.3 Å². The first kappa shape index (κ1) is 13.6. The summed E-state index contributed by atoms with van der Waals surface area (Å²) in [5.74, 6) is -3.10. The molecule has 0 aliphatic carbocycles. The van der Waals surface area contributed by atoms with Crippen molar-refractivity contribution in [3.8, 4) is 0 Å². The molecule has 1 N–H and O–H groups in total. The van der Waals surface area contributed by atoms with E-state index in [4.69, 9.17) is 5.11 Å². The lowest BCUT2D eigenvalue weighted by molar-refractivity contribution is -0.385. The minimum Gasteiger partial charge on any atom is -0.480 e. The molecule has 0 radical (unpaired) electrons. The second kappa shape index (κ2) is 5.72. The van der Waals surface area contributed by atoms with Crippen molar-refractivity contribution in [2.45, 2.75) is 6.92 Å². The van der Waals surface area contributed by atoms with Crippen LogP contribution in [0.5, 0.6) is 0 Å². The maximum Gasteiger partial charge on any atom is 0.317 e. The number of nitro groups is 1. The van der Waals surface area contributed by atoms with E-state index in [-0.39, 0.29) is 11.3 Å². The Morgan fingerprint density at radius 1 is 1.39 bits per heavy atom. The molecule has 0 aromatic heterocycles. The maximum absolute atomic E-state index is 11.1. The molecule has 0 saturated heterocycles. The molecule has 0 aliphatic heterocycles. The molecule has 1 rings (SSSR count). The fourth-order valence-corrected chi connectivity index (χ4v) is 1.39. The molecule has 1 unspecified atom stereocenters. The number of carbonyl (C=O) groups excluding carboxylic acids is 1. The number of carboxylic acids is 1. The number of rotatable bonds is 5. The Bertz CT molecular complexity index is 507. The van der Waals surface area contributed by atoms with E-state index in [1.54, 1.807) is 6.07 Å². The van der Waals surface area contributed by atoms with Crippen LogP contribution in [0, 0.1) is 16.0 Å². The molecular weight excluding hydrogens is 238 g/mol. The first-order chi connectivity index (χ1) is 8.43. The van der Waals surface area contributed by atoms with Gasteiger partial charge >= 0.3 is 5.97 Å². The monoisotopic (exact) mass is 249 g/mol. The van der Waals surface area contributed by atoms with Crippen LogP contribution in [0.4, 0.5) is 5.69 Å². The predicted octanol–water partition coefficient (Wildman–Crippen LogP) is 1.90. The number of hydrogen-bond acceptors (Lipinski definition) is 4. The quantitative estimate of drug-likeness (QED) is 0.488. The smallest absolute Gasteiger partial charge is 0.317 e. The van der Waals surface area contributed by atoms with E-state index >= 15 is 0 Å². The molecule has 1 atom stereocenters. The number of Topliss-reactive ketones (excluding diaryl/α,β-unsaturated/α-hetero) is 1. The molecular formula is C12H11NO5. The zero-order valence-corrected chi connectivity index (χ0v) is 9.57. The fourth-order valence-electron chi connectivity index (χ4n) is 1.39. The summed E-state index contributed by atoms with van der Waals surface area (Å²) in [5.41, 5.74) is 0.122. The van der Waals surface area contributed by atoms with Gasteiger partial charge in [-0.15, -0.1) is 0 Å². The van der Waals surface area contributed by atoms with Gasteiger partial charge in [-0.05, 0) is 13.0 Å². The molecule has 1 aromatic rings. The number of nitro benzene ring substituents is 1. The highest BCUT2D eigenvalue weighted by Gasteiger charge is 2.19. The van der Waals surface area contributed by atoms with E-state index in [9.17, 15) is 19.7 Å². The lowest BCUT2D eigenvalue weighted by atomic mass is 10.0. The largest absolute Gasteiger partial charge is 0.480 e. The summed E-state index contributed by atoms with van der Waals surface area (Å²) in [4.78, 5) is 32.0. The van der Waals surface area contributed by atoms with Crippen LogP contribution in [-0.2, 0) is 9.59 Å². The highest BCUT2D eigenvalue weighted by atomic mass is 16.6. The van der Waals surface area contributed by atoms with E-state index in [1.807, 2.05) is 0 Å². The summed E-state index contributed by atoms with van der Waals surface area (Å²) in [7, 11) is 0. The Morgan fingerprint density at radius 2 is 2.00 bits per heavy atom. The molecule has 0 saturated carbocycles. The Hall–Kier alpha value is -2.50. The third-order valence-corrected chi connectivity index (χ3v) is 2.31. The highest BCUT2D eigenvalue weighted by molar-refractivity contribution is 5.99. The van der Waals surface area contributed by atoms with Crippen LogP contribution in [-0.4, -0.2) is 21.8 Å². The van der Waals surface area contributed by atoms with Crippen molar-refractivity contribution in [2.75, 3.05) is 0 Å². The fraction of sp³-hybridized carbons (Fsp3) is 0.167. The van der Waals surface area contributed by atoms with Crippen molar-refractivity contribution in [3.05, 3.63) is 46.0 Å². The van der Waals surface area contributed by atoms with Crippen molar-refractivity contribution in [3.63, 3.8) is 0 Å². The number of benzene rings is 1. The zero-order valence-electron chi connectivity index (χ0n) is 9.57. The van der Waals surface area contributed by atoms with E-state index in [0.717, 1.165) is 13.0 Å². The van der Waals surface area contributed by atoms with Gasteiger partial charge in [0.05, 0.1) is 10.5 Å². The topological polar surface area (TPSA) is 97.5 Å². The van der Waals surface area contributed by atoms with Gasteiger partial charge in [0.1, 0.15) is 11.7 Å². The Kier molecular flexibility index (Phi) is 4.31. The van der Waals surface area contributed by atoms with Crippen LogP contribution in [0.2, 0.25) is 0 Å². The van der Waals surface area contributed by atoms with E-state index in [2.05, 4.69) is 0 Å². The number of ketones is 1. The van der Waals surface area contributed by atoms with Gasteiger partial charge in [0.25, 0.3) is 5.69 Å². The Balaban J connectivity index is 3.07. The molecule has 1 aromatic carbocycles. The molecule has 0 spiro atoms. The summed E-state index contributed by atoms with van der Waals surface area (Å²) in [6.45, 7) is 1.16. The van der Waals surface area contributed by atoms with E-state index in [0.29, 0.717) is 0 Å². The first-order valence-electron chi connectivity index (χ1n) is 5.08. The van der Waals surface area contributed by atoms with E-state index in [1.165, 1.54) is 24.3 Å². The van der Waals surface area contributed by atoms with Gasteiger partial charge in [-0.2, -0.15) is 0 Å². The van der Waals surface area contributed by atoms with Gasteiger partial charge in [-0.3, -0.25) is 19.7 Å². The van der Waals surface area contributed by atoms with Crippen molar-refractivity contribution in [1.82, 2.24) is 0 Å². The molecule has 18 heavy (non-hydrogen) atoms. The van der Waals surface area contributed by atoms with Crippen molar-refractivity contribution in [2.24, 2.45) is 5.92 Å². The van der Waals surface area contributed by atoms with Crippen LogP contribution in [0.25, 0.3) is 6.08 Å². The average molecular weight is 249 g/mol. The second-order valence-electron chi connectivity index (χ2n) is 3.60. The third kappa shape index (κ3) is 3.24.